The maximum Gasteiger partial charge on any atom is 0.282 e. The van der Waals surface area contributed by atoms with E-state index in [0.717, 1.165) is 29.5 Å². The largest absolute Gasteiger partial charge is 0.422 e. The lowest BCUT2D eigenvalue weighted by atomic mass is 10.2. The van der Waals surface area contributed by atoms with Gasteiger partial charge >= 0.3 is 0 Å². The van der Waals surface area contributed by atoms with Crippen LogP contribution in [0.2, 0.25) is 0 Å². The van der Waals surface area contributed by atoms with Gasteiger partial charge in [0.05, 0.1) is 18.0 Å². The van der Waals surface area contributed by atoms with Crippen molar-refractivity contribution in [3.63, 3.8) is 0 Å². The molecule has 66 valence electrons. The fraction of sp³-hybridized carbons (Fsp3) is 0.111. The smallest absolute Gasteiger partial charge is 0.282 e. The summed E-state index contributed by atoms with van der Waals surface area (Å²) in [5.41, 5.74) is 2.08. The fourth-order valence-corrected chi connectivity index (χ4v) is 1.51. The van der Waals surface area contributed by atoms with Gasteiger partial charge in [-0.2, -0.15) is 0 Å². The fourth-order valence-electron chi connectivity index (χ4n) is 1.51. The van der Waals surface area contributed by atoms with Crippen LogP contribution in [0.1, 0.15) is 0 Å². The summed E-state index contributed by atoms with van der Waals surface area (Å²) in [7, 11) is 0. The van der Waals surface area contributed by atoms with Crippen molar-refractivity contribution in [2.45, 2.75) is 0 Å². The lowest BCUT2D eigenvalue weighted by Gasteiger charge is -1.99. The molecule has 0 amide bonds. The highest BCUT2D eigenvalue weighted by Crippen LogP contribution is 2.43. The molecule has 0 atom stereocenters. The first-order chi connectivity index (χ1) is 6.33. The van der Waals surface area contributed by atoms with Gasteiger partial charge in [0.15, 0.2) is 11.5 Å². The Labute approximate surface area is 75.2 Å². The summed E-state index contributed by atoms with van der Waals surface area (Å²) in [6, 6.07) is 3.81. The second kappa shape index (κ2) is 2.10. The summed E-state index contributed by atoms with van der Waals surface area (Å²) in [6.45, 7) is 4.34. The van der Waals surface area contributed by atoms with Crippen LogP contribution in [0.25, 0.3) is 0 Å². The molecule has 0 aliphatic carbocycles. The summed E-state index contributed by atoms with van der Waals surface area (Å²) in [5, 5.41) is 6.34. The van der Waals surface area contributed by atoms with Crippen LogP contribution in [-0.2, 0) is 0 Å². The SMILES string of the molecule is C=C1Oc2cc3c(cc2O1)NCN3. The molecule has 2 aliphatic heterocycles. The topological polar surface area (TPSA) is 42.5 Å². The third-order valence-corrected chi connectivity index (χ3v) is 2.09. The number of benzene rings is 1. The van der Waals surface area contributed by atoms with Crippen LogP contribution in [0, 0.1) is 0 Å². The molecular formula is C9H8N2O2. The minimum Gasteiger partial charge on any atom is -0.422 e. The summed E-state index contributed by atoms with van der Waals surface area (Å²) in [6.07, 6.45) is 0. The molecule has 2 N–H and O–H groups in total. The number of hydrogen-bond donors (Lipinski definition) is 2. The molecule has 0 aromatic heterocycles. The molecule has 0 radical (unpaired) electrons. The molecule has 0 saturated carbocycles. The highest BCUT2D eigenvalue weighted by atomic mass is 16.7. The normalized spacial score (nSPS) is 16.5. The summed E-state index contributed by atoms with van der Waals surface area (Å²) >= 11 is 0. The Hall–Kier alpha value is -1.84. The quantitative estimate of drug-likeness (QED) is 0.631. The lowest BCUT2D eigenvalue weighted by Crippen LogP contribution is -1.99. The summed E-state index contributed by atoms with van der Waals surface area (Å²) in [4.78, 5) is 0. The van der Waals surface area contributed by atoms with Gasteiger partial charge in [-0.05, 0) is 6.58 Å². The van der Waals surface area contributed by atoms with Crippen LogP contribution >= 0.6 is 0 Å². The van der Waals surface area contributed by atoms with Gasteiger partial charge in [-0.15, -0.1) is 0 Å². The van der Waals surface area contributed by atoms with E-state index in [0.29, 0.717) is 5.95 Å². The Morgan fingerprint density at radius 1 is 1.08 bits per heavy atom. The van der Waals surface area contributed by atoms with Gasteiger partial charge < -0.3 is 20.1 Å². The number of nitrogens with one attached hydrogen (secondary N) is 2. The maximum atomic E-state index is 5.25. The Kier molecular flexibility index (Phi) is 1.07. The highest BCUT2D eigenvalue weighted by molar-refractivity contribution is 5.78. The van der Waals surface area contributed by atoms with E-state index in [1.807, 2.05) is 12.1 Å². The molecule has 3 rings (SSSR count). The molecule has 4 heteroatoms. The van der Waals surface area contributed by atoms with Crippen LogP contribution in [0.4, 0.5) is 11.4 Å². The zero-order valence-corrected chi connectivity index (χ0v) is 6.89. The Morgan fingerprint density at radius 2 is 1.62 bits per heavy atom. The Morgan fingerprint density at radius 3 is 2.15 bits per heavy atom. The molecule has 0 spiro atoms. The molecule has 13 heavy (non-hydrogen) atoms. The number of anilines is 2. The third kappa shape index (κ3) is 0.853. The lowest BCUT2D eigenvalue weighted by molar-refractivity contribution is 0.290. The molecule has 1 aromatic rings. The van der Waals surface area contributed by atoms with E-state index in [1.54, 1.807) is 0 Å². The van der Waals surface area contributed by atoms with Crippen LogP contribution in [0.3, 0.4) is 0 Å². The molecule has 2 aliphatic rings. The zero-order chi connectivity index (χ0) is 8.84. The van der Waals surface area contributed by atoms with Crippen molar-refractivity contribution >= 4 is 11.4 Å². The van der Waals surface area contributed by atoms with Crippen LogP contribution in [0.15, 0.2) is 24.7 Å². The number of rotatable bonds is 0. The first-order valence-electron chi connectivity index (χ1n) is 4.03. The number of hydrogen-bond acceptors (Lipinski definition) is 4. The van der Waals surface area contributed by atoms with Crippen LogP contribution < -0.4 is 20.1 Å². The maximum absolute atomic E-state index is 5.25. The molecule has 0 unspecified atom stereocenters. The van der Waals surface area contributed by atoms with Gasteiger partial charge in [-0.1, -0.05) is 0 Å². The standard InChI is InChI=1S/C9H8N2O2/c1-5-12-8-2-6-7(11-4-10-6)3-9(8)13-5/h2-3,10-11H,1,4H2. The van der Waals surface area contributed by atoms with Gasteiger partial charge in [0.25, 0.3) is 5.95 Å². The van der Waals surface area contributed by atoms with E-state index in [1.165, 1.54) is 0 Å². The Balaban J connectivity index is 2.15. The second-order valence-corrected chi connectivity index (χ2v) is 2.95. The summed E-state index contributed by atoms with van der Waals surface area (Å²) < 4.78 is 10.5. The molecule has 1 aromatic carbocycles. The van der Waals surface area contributed by atoms with Crippen molar-refractivity contribution in [2.75, 3.05) is 17.3 Å². The van der Waals surface area contributed by atoms with Gasteiger partial charge in [0, 0.05) is 12.1 Å². The van der Waals surface area contributed by atoms with E-state index < -0.39 is 0 Å². The van der Waals surface area contributed by atoms with Gasteiger partial charge in [0.1, 0.15) is 0 Å². The predicted molar refractivity (Wildman–Crippen MR) is 49.0 cm³/mol. The summed E-state index contributed by atoms with van der Waals surface area (Å²) in [5.74, 6) is 1.78. The predicted octanol–water partition coefficient (Wildman–Crippen LogP) is 1.72. The number of fused-ring (bicyclic) bond motifs is 2. The van der Waals surface area contributed by atoms with E-state index in [-0.39, 0.29) is 0 Å². The molecule has 2 heterocycles. The zero-order valence-electron chi connectivity index (χ0n) is 6.89. The van der Waals surface area contributed by atoms with Gasteiger partial charge in [0.2, 0.25) is 0 Å². The van der Waals surface area contributed by atoms with Crippen LogP contribution in [-0.4, -0.2) is 6.67 Å². The average Bonchev–Trinajstić information content (AvgIpc) is 2.63. The monoisotopic (exact) mass is 176 g/mol. The minimum atomic E-state index is 0.332. The molecule has 0 bridgehead atoms. The van der Waals surface area contributed by atoms with E-state index in [4.69, 9.17) is 9.47 Å². The number of ether oxygens (including phenoxy) is 2. The van der Waals surface area contributed by atoms with Crippen LogP contribution in [0.5, 0.6) is 11.5 Å². The average molecular weight is 176 g/mol. The second-order valence-electron chi connectivity index (χ2n) is 2.95. The first kappa shape index (κ1) is 6.65. The first-order valence-corrected chi connectivity index (χ1v) is 4.03. The van der Waals surface area contributed by atoms with Crippen molar-refractivity contribution in [3.05, 3.63) is 24.7 Å². The van der Waals surface area contributed by atoms with E-state index >= 15 is 0 Å². The van der Waals surface area contributed by atoms with Crippen molar-refractivity contribution in [1.29, 1.82) is 0 Å². The molecular weight excluding hydrogens is 168 g/mol. The van der Waals surface area contributed by atoms with Crippen molar-refractivity contribution in [1.82, 2.24) is 0 Å². The molecule has 4 nitrogen and oxygen atoms in total. The Bertz CT molecular complexity index is 366. The highest BCUT2D eigenvalue weighted by Gasteiger charge is 2.22. The minimum absolute atomic E-state index is 0.332. The van der Waals surface area contributed by atoms with Crippen molar-refractivity contribution in [2.24, 2.45) is 0 Å². The molecule has 0 saturated heterocycles. The van der Waals surface area contributed by atoms with E-state index in [9.17, 15) is 0 Å². The van der Waals surface area contributed by atoms with Crippen molar-refractivity contribution in [3.8, 4) is 11.5 Å². The van der Waals surface area contributed by atoms with Crippen molar-refractivity contribution < 1.29 is 9.47 Å². The molecule has 0 fully saturated rings. The third-order valence-electron chi connectivity index (χ3n) is 2.09. The van der Waals surface area contributed by atoms with E-state index in [2.05, 4.69) is 17.2 Å². The van der Waals surface area contributed by atoms with Gasteiger partial charge in [-0.3, -0.25) is 0 Å². The van der Waals surface area contributed by atoms with Gasteiger partial charge in [-0.25, -0.2) is 0 Å².